The molecule has 1 fully saturated rings. The molecule has 0 spiro atoms. The predicted molar refractivity (Wildman–Crippen MR) is 152 cm³/mol. The Morgan fingerprint density at radius 3 is 2.62 bits per heavy atom. The SMILES string of the molecule is C/C=C\C=C/c1cc(C(=O)NC(CC(C)C)C(=O)NC2CCC(C)N(S(=O)(=O)c3ccccn3)CC2=O)oc1C. The van der Waals surface area contributed by atoms with Gasteiger partial charge in [-0.05, 0) is 64.2 Å². The van der Waals surface area contributed by atoms with Crippen molar-refractivity contribution in [3.8, 4) is 0 Å². The maximum atomic E-state index is 13.3. The smallest absolute Gasteiger partial charge is 0.287 e. The maximum Gasteiger partial charge on any atom is 0.287 e. The summed E-state index contributed by atoms with van der Waals surface area (Å²) >= 11 is 0. The number of aryl methyl sites for hydroxylation is 1. The maximum absolute atomic E-state index is 13.3. The van der Waals surface area contributed by atoms with Crippen LogP contribution in [0.25, 0.3) is 6.08 Å². The number of rotatable bonds is 10. The summed E-state index contributed by atoms with van der Waals surface area (Å²) in [4.78, 5) is 43.5. The minimum atomic E-state index is -3.99. The molecule has 1 saturated heterocycles. The normalized spacial score (nSPS) is 19.7. The van der Waals surface area contributed by atoms with E-state index >= 15 is 0 Å². The molecule has 40 heavy (non-hydrogen) atoms. The molecule has 3 unspecified atom stereocenters. The van der Waals surface area contributed by atoms with Gasteiger partial charge in [0.2, 0.25) is 5.91 Å². The van der Waals surface area contributed by atoms with Gasteiger partial charge >= 0.3 is 0 Å². The van der Waals surface area contributed by atoms with Crippen molar-refractivity contribution in [3.05, 3.63) is 65.8 Å². The fourth-order valence-electron chi connectivity index (χ4n) is 4.48. The zero-order valence-corrected chi connectivity index (χ0v) is 24.4. The highest BCUT2D eigenvalue weighted by Gasteiger charge is 2.38. The quantitative estimate of drug-likeness (QED) is 0.416. The number of hydrogen-bond acceptors (Lipinski definition) is 7. The van der Waals surface area contributed by atoms with Gasteiger partial charge in [-0.2, -0.15) is 4.31 Å². The van der Waals surface area contributed by atoms with Crippen LogP contribution in [0.15, 0.2) is 58.1 Å². The average molecular weight is 571 g/mol. The Morgan fingerprint density at radius 1 is 1.23 bits per heavy atom. The van der Waals surface area contributed by atoms with Gasteiger partial charge in [-0.25, -0.2) is 13.4 Å². The van der Waals surface area contributed by atoms with Crippen LogP contribution < -0.4 is 10.6 Å². The van der Waals surface area contributed by atoms with Gasteiger partial charge in [0.15, 0.2) is 16.6 Å². The summed E-state index contributed by atoms with van der Waals surface area (Å²) in [5, 5.41) is 5.38. The number of hydrogen-bond donors (Lipinski definition) is 2. The van der Waals surface area contributed by atoms with Crippen molar-refractivity contribution in [1.29, 1.82) is 0 Å². The Morgan fingerprint density at radius 2 is 1.98 bits per heavy atom. The standard InChI is InChI=1S/C29H38N4O6S/c1-6-7-8-11-22-17-26(39-21(22)5)29(36)32-24(16-19(2)3)28(35)31-23-14-13-20(4)33(18-25(23)34)40(37,38)27-12-9-10-15-30-27/h6-12,15,17,19-20,23-24H,13-14,16,18H2,1-5H3,(H,31,35)(H,32,36)/b7-6-,11-8-. The zero-order valence-electron chi connectivity index (χ0n) is 23.6. The molecule has 0 bridgehead atoms. The molecule has 11 heteroatoms. The van der Waals surface area contributed by atoms with Crippen molar-refractivity contribution in [3.63, 3.8) is 0 Å². The number of carbonyl (C=O) groups is 3. The second-order valence-corrected chi connectivity index (χ2v) is 12.2. The molecule has 216 valence electrons. The topological polar surface area (TPSA) is 139 Å². The van der Waals surface area contributed by atoms with Crippen molar-refractivity contribution < 1.29 is 27.2 Å². The van der Waals surface area contributed by atoms with E-state index in [1.165, 1.54) is 12.3 Å². The molecule has 3 atom stereocenters. The summed E-state index contributed by atoms with van der Waals surface area (Å²) in [6, 6.07) is 3.91. The minimum Gasteiger partial charge on any atom is -0.456 e. The number of aromatic nitrogens is 1. The van der Waals surface area contributed by atoms with Gasteiger partial charge in [0.05, 0.1) is 12.6 Å². The minimum absolute atomic E-state index is 0.0672. The number of carbonyl (C=O) groups excluding carboxylic acids is 3. The Kier molecular flexibility index (Phi) is 10.6. The summed E-state index contributed by atoms with van der Waals surface area (Å²) in [6.07, 6.45) is 9.74. The lowest BCUT2D eigenvalue weighted by Crippen LogP contribution is -2.52. The number of nitrogens with zero attached hydrogens (tertiary/aromatic N) is 2. The fourth-order valence-corrected chi connectivity index (χ4v) is 6.04. The van der Waals surface area contributed by atoms with Crippen LogP contribution in [-0.2, 0) is 19.6 Å². The average Bonchev–Trinajstić information content (AvgIpc) is 3.22. The van der Waals surface area contributed by atoms with Gasteiger partial charge in [0.25, 0.3) is 15.9 Å². The lowest BCUT2D eigenvalue weighted by molar-refractivity contribution is -0.129. The summed E-state index contributed by atoms with van der Waals surface area (Å²) in [6.45, 7) is 8.84. The number of sulfonamides is 1. The van der Waals surface area contributed by atoms with Crippen LogP contribution in [-0.4, -0.2) is 60.0 Å². The molecule has 0 radical (unpaired) electrons. The Labute approximate surface area is 236 Å². The third kappa shape index (κ3) is 7.76. The van der Waals surface area contributed by atoms with Crippen molar-refractivity contribution >= 4 is 33.7 Å². The van der Waals surface area contributed by atoms with E-state index in [-0.39, 0.29) is 29.7 Å². The van der Waals surface area contributed by atoms with E-state index in [1.54, 1.807) is 32.0 Å². The molecule has 1 aliphatic heterocycles. The van der Waals surface area contributed by atoms with Crippen LogP contribution in [0.4, 0.5) is 0 Å². The molecule has 2 amide bonds. The lowest BCUT2D eigenvalue weighted by Gasteiger charge is -2.25. The number of ketones is 1. The zero-order chi connectivity index (χ0) is 29.4. The summed E-state index contributed by atoms with van der Waals surface area (Å²) in [5.74, 6) is -0.759. The van der Waals surface area contributed by atoms with Crippen molar-refractivity contribution in [2.24, 2.45) is 5.92 Å². The van der Waals surface area contributed by atoms with Gasteiger partial charge in [-0.1, -0.05) is 44.2 Å². The monoisotopic (exact) mass is 570 g/mol. The fraction of sp³-hybridized carbons (Fsp3) is 0.448. The number of Topliss-reactive ketones (excluding diaryl/α,β-unsaturated/α-hetero) is 1. The van der Waals surface area contributed by atoms with Crippen molar-refractivity contribution in [1.82, 2.24) is 19.9 Å². The van der Waals surface area contributed by atoms with E-state index in [0.29, 0.717) is 18.6 Å². The van der Waals surface area contributed by atoms with Crippen LogP contribution in [0, 0.1) is 12.8 Å². The van der Waals surface area contributed by atoms with E-state index in [4.69, 9.17) is 4.42 Å². The highest BCUT2D eigenvalue weighted by Crippen LogP contribution is 2.23. The predicted octanol–water partition coefficient (Wildman–Crippen LogP) is 3.64. The molecule has 3 heterocycles. The summed E-state index contributed by atoms with van der Waals surface area (Å²) in [7, 11) is -3.99. The van der Waals surface area contributed by atoms with Crippen LogP contribution in [0.1, 0.15) is 68.8 Å². The van der Waals surface area contributed by atoms with Crippen LogP contribution in [0.5, 0.6) is 0 Å². The third-order valence-corrected chi connectivity index (χ3v) is 8.56. The molecule has 0 aromatic carbocycles. The molecule has 2 aromatic heterocycles. The number of pyridine rings is 1. The van der Waals surface area contributed by atoms with Crippen molar-refractivity contribution in [2.45, 2.75) is 77.0 Å². The molecule has 0 saturated carbocycles. The third-order valence-electron chi connectivity index (χ3n) is 6.68. The summed E-state index contributed by atoms with van der Waals surface area (Å²) < 4.78 is 33.1. The van der Waals surface area contributed by atoms with Gasteiger partial charge in [-0.15, -0.1) is 0 Å². The summed E-state index contributed by atoms with van der Waals surface area (Å²) in [5.41, 5.74) is 0.747. The van der Waals surface area contributed by atoms with Gasteiger partial charge in [-0.3, -0.25) is 14.4 Å². The Hall–Kier alpha value is -3.57. The lowest BCUT2D eigenvalue weighted by atomic mass is 10.0. The van der Waals surface area contributed by atoms with Crippen LogP contribution >= 0.6 is 0 Å². The number of furan rings is 1. The second kappa shape index (κ2) is 13.7. The van der Waals surface area contributed by atoms with E-state index in [2.05, 4.69) is 15.6 Å². The van der Waals surface area contributed by atoms with Gasteiger partial charge in [0, 0.05) is 17.8 Å². The first-order chi connectivity index (χ1) is 18.9. The molecular weight excluding hydrogens is 532 g/mol. The van der Waals surface area contributed by atoms with Crippen LogP contribution in [0.3, 0.4) is 0 Å². The first-order valence-electron chi connectivity index (χ1n) is 13.4. The first-order valence-corrected chi connectivity index (χ1v) is 14.8. The number of allylic oxidation sites excluding steroid dienone is 3. The molecule has 3 rings (SSSR count). The van der Waals surface area contributed by atoms with Crippen molar-refractivity contribution in [2.75, 3.05) is 6.54 Å². The van der Waals surface area contributed by atoms with Gasteiger partial charge < -0.3 is 15.1 Å². The highest BCUT2D eigenvalue weighted by atomic mass is 32.2. The molecule has 2 aromatic rings. The number of nitrogens with one attached hydrogen (secondary N) is 2. The second-order valence-electron chi connectivity index (χ2n) is 10.3. The molecule has 10 nitrogen and oxygen atoms in total. The van der Waals surface area contributed by atoms with E-state index in [0.717, 1.165) is 9.87 Å². The van der Waals surface area contributed by atoms with E-state index < -0.39 is 45.7 Å². The first kappa shape index (κ1) is 31.0. The molecular formula is C29H38N4O6S. The van der Waals surface area contributed by atoms with E-state index in [1.807, 2.05) is 45.1 Å². The molecule has 0 aliphatic carbocycles. The Balaban J connectivity index is 1.73. The number of amides is 2. The Bertz CT molecular complexity index is 1360. The van der Waals surface area contributed by atoms with Crippen LogP contribution in [0.2, 0.25) is 0 Å². The largest absolute Gasteiger partial charge is 0.456 e. The van der Waals surface area contributed by atoms with E-state index in [9.17, 15) is 22.8 Å². The highest BCUT2D eigenvalue weighted by molar-refractivity contribution is 7.89. The molecule has 2 N–H and O–H groups in total. The van der Waals surface area contributed by atoms with Gasteiger partial charge in [0.1, 0.15) is 11.8 Å². The molecule has 1 aliphatic rings.